The van der Waals surface area contributed by atoms with Gasteiger partial charge in [0.25, 0.3) is 0 Å². The Hall–Kier alpha value is -1.58. The summed E-state index contributed by atoms with van der Waals surface area (Å²) in [7, 11) is 0. The second kappa shape index (κ2) is 6.88. The molecular formula is C10H14O4. The molecule has 2 N–H and O–H groups in total. The van der Waals surface area contributed by atoms with Gasteiger partial charge in [-0.05, 0) is 19.3 Å². The average Bonchev–Trinajstić information content (AvgIpc) is 2.87. The van der Waals surface area contributed by atoms with E-state index in [4.69, 9.17) is 10.2 Å². The predicted molar refractivity (Wildman–Crippen MR) is 52.0 cm³/mol. The third-order valence-corrected chi connectivity index (χ3v) is 1.40. The van der Waals surface area contributed by atoms with Crippen molar-refractivity contribution in [2.24, 2.45) is 0 Å². The molecule has 14 heavy (non-hydrogen) atoms. The van der Waals surface area contributed by atoms with Crippen LogP contribution in [0.15, 0.2) is 23.8 Å². The lowest BCUT2D eigenvalue weighted by Gasteiger charge is -1.74. The molecule has 0 radical (unpaired) electrons. The van der Waals surface area contributed by atoms with Crippen LogP contribution in [-0.4, -0.2) is 22.2 Å². The largest absolute Gasteiger partial charge is 0.478 e. The molecule has 0 atom stereocenters. The molecule has 4 heteroatoms. The molecule has 1 aliphatic carbocycles. The van der Waals surface area contributed by atoms with E-state index < -0.39 is 11.9 Å². The normalized spacial score (nSPS) is 13.1. The smallest absolute Gasteiger partial charge is 0.328 e. The lowest BCUT2D eigenvalue weighted by molar-refractivity contribution is -0.134. The molecule has 0 amide bonds. The topological polar surface area (TPSA) is 74.6 Å². The van der Waals surface area contributed by atoms with Crippen LogP contribution >= 0.6 is 0 Å². The highest BCUT2D eigenvalue weighted by atomic mass is 16.4. The minimum absolute atomic E-state index is 0.558. The van der Waals surface area contributed by atoms with Crippen molar-refractivity contribution >= 4 is 11.9 Å². The van der Waals surface area contributed by atoms with E-state index in [1.807, 2.05) is 0 Å². The average molecular weight is 198 g/mol. The zero-order valence-electron chi connectivity index (χ0n) is 8.06. The molecule has 1 saturated carbocycles. The van der Waals surface area contributed by atoms with Crippen molar-refractivity contribution in [3.05, 3.63) is 23.8 Å². The molecule has 0 aromatic heterocycles. The Balaban J connectivity index is 0.000000249. The monoisotopic (exact) mass is 198 g/mol. The van der Waals surface area contributed by atoms with Gasteiger partial charge in [0.1, 0.15) is 0 Å². The second-order valence-electron chi connectivity index (χ2n) is 2.78. The van der Waals surface area contributed by atoms with Crippen molar-refractivity contribution in [2.75, 3.05) is 0 Å². The summed E-state index contributed by atoms with van der Waals surface area (Å²) < 4.78 is 0. The minimum Gasteiger partial charge on any atom is -0.478 e. The van der Waals surface area contributed by atoms with Gasteiger partial charge in [-0.25, -0.2) is 9.59 Å². The van der Waals surface area contributed by atoms with Crippen molar-refractivity contribution in [1.82, 2.24) is 0 Å². The molecular weight excluding hydrogens is 184 g/mol. The number of aliphatic carboxylic acids is 2. The summed E-state index contributed by atoms with van der Waals surface area (Å²) in [6, 6.07) is 0. The van der Waals surface area contributed by atoms with Gasteiger partial charge in [-0.3, -0.25) is 0 Å². The van der Waals surface area contributed by atoms with E-state index in [9.17, 15) is 9.59 Å². The number of hydrogen-bond acceptors (Lipinski definition) is 2. The molecule has 1 aliphatic rings. The maximum atomic E-state index is 9.55. The summed E-state index contributed by atoms with van der Waals surface area (Å²) in [5.74, 6) is -2.51. The van der Waals surface area contributed by atoms with Gasteiger partial charge in [-0.1, -0.05) is 18.6 Å². The van der Waals surface area contributed by atoms with E-state index in [-0.39, 0.29) is 0 Å². The Bertz CT molecular complexity index is 241. The Labute approximate surface area is 82.6 Å². The van der Waals surface area contributed by atoms with Gasteiger partial charge in [0.2, 0.25) is 0 Å². The first-order valence-corrected chi connectivity index (χ1v) is 4.38. The molecule has 0 heterocycles. The fourth-order valence-electron chi connectivity index (χ4n) is 0.708. The summed E-state index contributed by atoms with van der Waals surface area (Å²) in [6.07, 6.45) is 7.43. The number of carboxylic acids is 2. The number of allylic oxidation sites excluding steroid dienone is 2. The predicted octanol–water partition coefficient (Wildman–Crippen LogP) is 1.83. The van der Waals surface area contributed by atoms with Gasteiger partial charge in [-0.15, -0.1) is 0 Å². The van der Waals surface area contributed by atoms with Crippen molar-refractivity contribution in [2.45, 2.75) is 26.2 Å². The van der Waals surface area contributed by atoms with Gasteiger partial charge in [0.05, 0.1) is 0 Å². The fourth-order valence-corrected chi connectivity index (χ4v) is 0.708. The van der Waals surface area contributed by atoms with Crippen LogP contribution in [-0.2, 0) is 9.59 Å². The van der Waals surface area contributed by atoms with E-state index in [2.05, 4.69) is 13.0 Å². The van der Waals surface area contributed by atoms with Crippen molar-refractivity contribution < 1.29 is 19.8 Å². The standard InChI is InChI=1S/C6H10.C4H4O4/c1-2-3-6-4-5-6;5-3(6)1-2-4(7)8/h3H,2,4-5H2,1H3;1-2H,(H,5,6)(H,7,8)/b;2-1-. The van der Waals surface area contributed by atoms with E-state index >= 15 is 0 Å². The number of hydrogen-bond donors (Lipinski definition) is 2. The summed E-state index contributed by atoms with van der Waals surface area (Å²) in [4.78, 5) is 19.1. The number of rotatable bonds is 3. The quantitative estimate of drug-likeness (QED) is 0.536. The Morgan fingerprint density at radius 2 is 1.64 bits per heavy atom. The maximum Gasteiger partial charge on any atom is 0.328 e. The van der Waals surface area contributed by atoms with Crippen LogP contribution < -0.4 is 0 Å². The first kappa shape index (κ1) is 12.4. The SMILES string of the molecule is CCC=C1CC1.O=C(O)/C=C\C(=O)O. The zero-order chi connectivity index (χ0) is 11.0. The van der Waals surface area contributed by atoms with Crippen LogP contribution in [0.4, 0.5) is 0 Å². The van der Waals surface area contributed by atoms with Gasteiger partial charge in [-0.2, -0.15) is 0 Å². The van der Waals surface area contributed by atoms with Crippen molar-refractivity contribution in [1.29, 1.82) is 0 Å². The van der Waals surface area contributed by atoms with Crippen molar-refractivity contribution in [3.8, 4) is 0 Å². The van der Waals surface area contributed by atoms with Crippen LogP contribution in [0.3, 0.4) is 0 Å². The number of carboxylic acid groups (broad SMARTS) is 2. The molecule has 0 unspecified atom stereocenters. The third kappa shape index (κ3) is 10.4. The van der Waals surface area contributed by atoms with E-state index in [0.717, 1.165) is 0 Å². The van der Waals surface area contributed by atoms with Gasteiger partial charge >= 0.3 is 11.9 Å². The molecule has 1 fully saturated rings. The molecule has 0 spiro atoms. The summed E-state index contributed by atoms with van der Waals surface area (Å²) in [5.41, 5.74) is 1.66. The highest BCUT2D eigenvalue weighted by Gasteiger charge is 2.07. The zero-order valence-corrected chi connectivity index (χ0v) is 8.06. The number of carbonyl (C=O) groups is 2. The molecule has 0 aliphatic heterocycles. The van der Waals surface area contributed by atoms with E-state index in [1.54, 1.807) is 5.57 Å². The molecule has 0 saturated heterocycles. The molecule has 0 aromatic carbocycles. The summed E-state index contributed by atoms with van der Waals surface area (Å²) in [6.45, 7) is 2.19. The summed E-state index contributed by atoms with van der Waals surface area (Å²) >= 11 is 0. The van der Waals surface area contributed by atoms with Crippen LogP contribution in [0.1, 0.15) is 26.2 Å². The molecule has 1 rings (SSSR count). The Kier molecular flexibility index (Phi) is 6.11. The van der Waals surface area contributed by atoms with Crippen LogP contribution in [0.5, 0.6) is 0 Å². The minimum atomic E-state index is -1.26. The lowest BCUT2D eigenvalue weighted by Crippen LogP contribution is -1.91. The highest BCUT2D eigenvalue weighted by Crippen LogP contribution is 2.27. The molecule has 4 nitrogen and oxygen atoms in total. The van der Waals surface area contributed by atoms with Gasteiger partial charge < -0.3 is 10.2 Å². The molecule has 0 bridgehead atoms. The second-order valence-corrected chi connectivity index (χ2v) is 2.78. The van der Waals surface area contributed by atoms with Gasteiger partial charge in [0.15, 0.2) is 0 Å². The van der Waals surface area contributed by atoms with Crippen LogP contribution in [0.2, 0.25) is 0 Å². The highest BCUT2D eigenvalue weighted by molar-refractivity contribution is 5.89. The first-order valence-electron chi connectivity index (χ1n) is 4.38. The van der Waals surface area contributed by atoms with E-state index in [0.29, 0.717) is 12.2 Å². The van der Waals surface area contributed by atoms with Crippen molar-refractivity contribution in [3.63, 3.8) is 0 Å². The first-order chi connectivity index (χ1) is 6.56. The van der Waals surface area contributed by atoms with Gasteiger partial charge in [0, 0.05) is 12.2 Å². The van der Waals surface area contributed by atoms with Crippen LogP contribution in [0, 0.1) is 0 Å². The third-order valence-electron chi connectivity index (χ3n) is 1.40. The molecule has 78 valence electrons. The fraction of sp³-hybridized carbons (Fsp3) is 0.400. The van der Waals surface area contributed by atoms with Crippen LogP contribution in [0.25, 0.3) is 0 Å². The Morgan fingerprint density at radius 3 is 1.79 bits per heavy atom. The summed E-state index contributed by atoms with van der Waals surface area (Å²) in [5, 5.41) is 15.6. The Morgan fingerprint density at radius 1 is 1.21 bits per heavy atom. The molecule has 0 aromatic rings. The maximum absolute atomic E-state index is 9.55. The lowest BCUT2D eigenvalue weighted by atomic mass is 10.4. The van der Waals surface area contributed by atoms with E-state index in [1.165, 1.54) is 19.3 Å².